The minimum absolute atomic E-state index is 0.233. The van der Waals surface area contributed by atoms with E-state index in [2.05, 4.69) is 53.3 Å². The Bertz CT molecular complexity index is 1240. The van der Waals surface area contributed by atoms with E-state index in [0.29, 0.717) is 33.9 Å². The topological polar surface area (TPSA) is 52.8 Å². The van der Waals surface area contributed by atoms with Crippen molar-refractivity contribution < 1.29 is 4.74 Å². The SMILES string of the molecule is C=CCn1c(COc2ccc(Cl)cc2Cl)nnc1SCc1csc(-c2cccc(C)c2)n1. The maximum absolute atomic E-state index is 6.20. The third-order valence-electron chi connectivity index (χ3n) is 4.52. The van der Waals surface area contributed by atoms with Gasteiger partial charge in [-0.1, -0.05) is 64.8 Å². The molecule has 5 nitrogen and oxygen atoms in total. The number of thiazole rings is 1. The minimum Gasteiger partial charge on any atom is -0.484 e. The van der Waals surface area contributed by atoms with Crippen LogP contribution in [0.5, 0.6) is 5.75 Å². The third kappa shape index (κ3) is 5.53. The lowest BCUT2D eigenvalue weighted by molar-refractivity contribution is 0.289. The van der Waals surface area contributed by atoms with E-state index in [1.54, 1.807) is 41.3 Å². The minimum atomic E-state index is 0.233. The summed E-state index contributed by atoms with van der Waals surface area (Å²) in [7, 11) is 0. The van der Waals surface area contributed by atoms with Gasteiger partial charge in [0.25, 0.3) is 0 Å². The largest absolute Gasteiger partial charge is 0.484 e. The highest BCUT2D eigenvalue weighted by Gasteiger charge is 2.14. The van der Waals surface area contributed by atoms with Crippen LogP contribution < -0.4 is 4.74 Å². The number of hydrogen-bond acceptors (Lipinski definition) is 6. The third-order valence-corrected chi connectivity index (χ3v) is 6.99. The molecule has 0 aliphatic rings. The lowest BCUT2D eigenvalue weighted by atomic mass is 10.1. The summed E-state index contributed by atoms with van der Waals surface area (Å²) >= 11 is 15.4. The summed E-state index contributed by atoms with van der Waals surface area (Å²) < 4.78 is 7.82. The van der Waals surface area contributed by atoms with Crippen molar-refractivity contribution in [1.82, 2.24) is 19.7 Å². The first kappa shape index (κ1) is 22.9. The van der Waals surface area contributed by atoms with Crippen LogP contribution in [0.15, 0.2) is 65.7 Å². The van der Waals surface area contributed by atoms with E-state index in [0.717, 1.165) is 21.4 Å². The number of aryl methyl sites for hydroxylation is 1. The van der Waals surface area contributed by atoms with Crippen LogP contribution >= 0.6 is 46.3 Å². The number of allylic oxidation sites excluding steroid dienone is 1. The fourth-order valence-corrected chi connectivity index (χ4v) is 5.25. The first-order valence-electron chi connectivity index (χ1n) is 9.78. The molecule has 2 aromatic heterocycles. The Morgan fingerprint density at radius 3 is 2.84 bits per heavy atom. The molecule has 0 unspecified atom stereocenters. The molecule has 32 heavy (non-hydrogen) atoms. The monoisotopic (exact) mass is 502 g/mol. The van der Waals surface area contributed by atoms with Crippen LogP contribution in [-0.2, 0) is 18.9 Å². The summed E-state index contributed by atoms with van der Waals surface area (Å²) in [5, 5.41) is 13.6. The highest BCUT2D eigenvalue weighted by atomic mass is 35.5. The molecule has 0 bridgehead atoms. The van der Waals surface area contributed by atoms with Gasteiger partial charge in [0, 0.05) is 28.3 Å². The molecule has 0 aliphatic carbocycles. The molecule has 0 spiro atoms. The molecule has 2 aromatic carbocycles. The van der Waals surface area contributed by atoms with Crippen molar-refractivity contribution in [3.05, 3.63) is 87.6 Å². The zero-order valence-electron chi connectivity index (χ0n) is 17.3. The number of halogens is 2. The molecule has 0 N–H and O–H groups in total. The number of aromatic nitrogens is 4. The smallest absolute Gasteiger partial charge is 0.191 e. The second kappa shape index (κ2) is 10.5. The molecule has 0 atom stereocenters. The van der Waals surface area contributed by atoms with Gasteiger partial charge in [-0.05, 0) is 31.2 Å². The average molecular weight is 503 g/mol. The number of thioether (sulfide) groups is 1. The summed E-state index contributed by atoms with van der Waals surface area (Å²) in [4.78, 5) is 4.78. The van der Waals surface area contributed by atoms with Gasteiger partial charge < -0.3 is 4.74 Å². The molecule has 4 aromatic rings. The molecule has 0 radical (unpaired) electrons. The van der Waals surface area contributed by atoms with Crippen molar-refractivity contribution in [1.29, 1.82) is 0 Å². The molecular formula is C23H20Cl2N4OS2. The number of benzene rings is 2. The number of hydrogen-bond donors (Lipinski definition) is 0. The maximum atomic E-state index is 6.20. The van der Waals surface area contributed by atoms with Crippen LogP contribution in [0.4, 0.5) is 0 Å². The van der Waals surface area contributed by atoms with Gasteiger partial charge in [-0.15, -0.1) is 28.1 Å². The standard InChI is InChI=1S/C23H20Cl2N4OS2/c1-3-9-29-21(12-30-20-8-7-17(24)11-19(20)25)27-28-23(29)32-14-18-13-31-22(26-18)16-6-4-5-15(2)10-16/h3-8,10-11,13H,1,9,12,14H2,2H3. The fourth-order valence-electron chi connectivity index (χ4n) is 3.00. The van der Waals surface area contributed by atoms with Crippen LogP contribution in [0, 0.1) is 6.92 Å². The van der Waals surface area contributed by atoms with Gasteiger partial charge in [0.15, 0.2) is 11.0 Å². The highest BCUT2D eigenvalue weighted by molar-refractivity contribution is 7.98. The molecule has 0 aliphatic heterocycles. The van der Waals surface area contributed by atoms with Crippen LogP contribution in [0.25, 0.3) is 10.6 Å². The van der Waals surface area contributed by atoms with Gasteiger partial charge >= 0.3 is 0 Å². The second-order valence-electron chi connectivity index (χ2n) is 6.96. The van der Waals surface area contributed by atoms with Crippen LogP contribution in [-0.4, -0.2) is 19.7 Å². The van der Waals surface area contributed by atoms with E-state index >= 15 is 0 Å². The van der Waals surface area contributed by atoms with Crippen LogP contribution in [0.3, 0.4) is 0 Å². The molecule has 9 heteroatoms. The van der Waals surface area contributed by atoms with Crippen LogP contribution in [0.1, 0.15) is 17.1 Å². The molecule has 164 valence electrons. The highest BCUT2D eigenvalue weighted by Crippen LogP contribution is 2.30. The Hall–Kier alpha value is -2.32. The van der Waals surface area contributed by atoms with Gasteiger partial charge in [-0.2, -0.15) is 0 Å². The summed E-state index contributed by atoms with van der Waals surface area (Å²) in [6.45, 7) is 6.75. The van der Waals surface area contributed by atoms with E-state index in [4.69, 9.17) is 32.9 Å². The lowest BCUT2D eigenvalue weighted by Gasteiger charge is -2.10. The molecule has 4 rings (SSSR count). The van der Waals surface area contributed by atoms with Crippen molar-refractivity contribution in [2.75, 3.05) is 0 Å². The Balaban J connectivity index is 1.44. The van der Waals surface area contributed by atoms with E-state index in [-0.39, 0.29) is 6.61 Å². The average Bonchev–Trinajstić information content (AvgIpc) is 3.39. The van der Waals surface area contributed by atoms with Gasteiger partial charge in [0.05, 0.1) is 10.7 Å². The van der Waals surface area contributed by atoms with Crippen molar-refractivity contribution in [2.24, 2.45) is 0 Å². The zero-order chi connectivity index (χ0) is 22.5. The number of nitrogens with zero attached hydrogens (tertiary/aromatic N) is 4. The Morgan fingerprint density at radius 2 is 2.06 bits per heavy atom. The maximum Gasteiger partial charge on any atom is 0.191 e. The van der Waals surface area contributed by atoms with E-state index in [1.165, 1.54) is 5.56 Å². The summed E-state index contributed by atoms with van der Waals surface area (Å²) in [6, 6.07) is 13.5. The molecule has 0 saturated heterocycles. The fraction of sp³-hybridized carbons (Fsp3) is 0.174. The normalized spacial score (nSPS) is 11.0. The van der Waals surface area contributed by atoms with E-state index in [9.17, 15) is 0 Å². The van der Waals surface area contributed by atoms with Gasteiger partial charge in [-0.25, -0.2) is 4.98 Å². The Labute approximate surface area is 205 Å². The van der Waals surface area contributed by atoms with Gasteiger partial charge in [0.1, 0.15) is 17.4 Å². The summed E-state index contributed by atoms with van der Waals surface area (Å²) in [5.74, 6) is 1.93. The number of ether oxygens (including phenoxy) is 1. The van der Waals surface area contributed by atoms with Crippen molar-refractivity contribution in [3.63, 3.8) is 0 Å². The summed E-state index contributed by atoms with van der Waals surface area (Å²) in [5.41, 5.74) is 3.37. The van der Waals surface area contributed by atoms with Crippen molar-refractivity contribution in [2.45, 2.75) is 31.0 Å². The molecule has 0 saturated carbocycles. The first-order chi connectivity index (χ1) is 15.5. The van der Waals surface area contributed by atoms with Crippen molar-refractivity contribution in [3.8, 4) is 16.3 Å². The molecule has 2 heterocycles. The Kier molecular flexibility index (Phi) is 7.52. The predicted octanol–water partition coefficient (Wildman–Crippen LogP) is 7.07. The van der Waals surface area contributed by atoms with E-state index < -0.39 is 0 Å². The molecule has 0 amide bonds. The predicted molar refractivity (Wildman–Crippen MR) is 133 cm³/mol. The lowest BCUT2D eigenvalue weighted by Crippen LogP contribution is -2.07. The Morgan fingerprint density at radius 1 is 1.19 bits per heavy atom. The first-order valence-corrected chi connectivity index (χ1v) is 12.4. The quantitative estimate of drug-likeness (QED) is 0.181. The second-order valence-corrected chi connectivity index (χ2v) is 9.61. The van der Waals surface area contributed by atoms with E-state index in [1.807, 2.05) is 10.6 Å². The summed E-state index contributed by atoms with van der Waals surface area (Å²) in [6.07, 6.45) is 1.81. The zero-order valence-corrected chi connectivity index (χ0v) is 20.4. The van der Waals surface area contributed by atoms with Crippen LogP contribution in [0.2, 0.25) is 10.0 Å². The van der Waals surface area contributed by atoms with Crippen molar-refractivity contribution >= 4 is 46.3 Å². The van der Waals surface area contributed by atoms with Gasteiger partial charge in [-0.3, -0.25) is 4.57 Å². The van der Waals surface area contributed by atoms with Gasteiger partial charge in [0.2, 0.25) is 0 Å². The molecular weight excluding hydrogens is 483 g/mol. The number of rotatable bonds is 9. The molecule has 0 fully saturated rings.